The van der Waals surface area contributed by atoms with E-state index in [0.29, 0.717) is 11.7 Å². The summed E-state index contributed by atoms with van der Waals surface area (Å²) in [6.07, 6.45) is 2.03. The lowest BCUT2D eigenvalue weighted by Crippen LogP contribution is -2.45. The van der Waals surface area contributed by atoms with Gasteiger partial charge in [-0.1, -0.05) is 13.3 Å². The molecule has 0 aromatic carbocycles. The van der Waals surface area contributed by atoms with Gasteiger partial charge in [-0.15, -0.1) is 0 Å². The molecular weight excluding hydrogens is 224 g/mol. The molecule has 0 spiro atoms. The van der Waals surface area contributed by atoms with E-state index in [1.165, 1.54) is 0 Å². The summed E-state index contributed by atoms with van der Waals surface area (Å²) in [7, 11) is -1.00. The number of hydrogen-bond donors (Lipinski definition) is 2. The summed E-state index contributed by atoms with van der Waals surface area (Å²) in [6, 6.07) is 0.194. The Kier molecular flexibility index (Phi) is 5.98. The molecule has 94 valence electrons. The van der Waals surface area contributed by atoms with E-state index in [1.807, 2.05) is 6.92 Å². The molecule has 0 radical (unpaired) electrons. The van der Waals surface area contributed by atoms with Crippen LogP contribution in [0.2, 0.25) is 0 Å². The van der Waals surface area contributed by atoms with Crippen molar-refractivity contribution in [2.24, 2.45) is 5.92 Å². The van der Waals surface area contributed by atoms with Crippen LogP contribution in [-0.4, -0.2) is 40.8 Å². The Labute approximate surface area is 100 Å². The third kappa shape index (κ3) is 5.07. The minimum absolute atomic E-state index is 0.0773. The van der Waals surface area contributed by atoms with Crippen molar-refractivity contribution in [3.8, 4) is 0 Å². The SMILES string of the molecule is CCCC(C)NC(=O)CS(=O)CC1CNC1. The molecule has 2 atom stereocenters. The highest BCUT2D eigenvalue weighted by Gasteiger charge is 2.20. The quantitative estimate of drug-likeness (QED) is 0.677. The van der Waals surface area contributed by atoms with Gasteiger partial charge in [0.15, 0.2) is 0 Å². The fourth-order valence-electron chi connectivity index (χ4n) is 1.76. The maximum absolute atomic E-state index is 11.6. The van der Waals surface area contributed by atoms with Crippen LogP contribution < -0.4 is 10.6 Å². The minimum Gasteiger partial charge on any atom is -0.353 e. The fraction of sp³-hybridized carbons (Fsp3) is 0.909. The molecule has 0 aromatic heterocycles. The summed E-state index contributed by atoms with van der Waals surface area (Å²) in [5.74, 6) is 1.24. The van der Waals surface area contributed by atoms with Crippen LogP contribution in [0.5, 0.6) is 0 Å². The average Bonchev–Trinajstić information content (AvgIpc) is 2.11. The molecule has 1 heterocycles. The van der Waals surface area contributed by atoms with Crippen LogP contribution in [0.4, 0.5) is 0 Å². The highest BCUT2D eigenvalue weighted by atomic mass is 32.2. The highest BCUT2D eigenvalue weighted by Crippen LogP contribution is 2.04. The van der Waals surface area contributed by atoms with E-state index in [2.05, 4.69) is 17.6 Å². The molecule has 1 rings (SSSR count). The van der Waals surface area contributed by atoms with E-state index in [0.717, 1.165) is 25.9 Å². The molecule has 1 aliphatic rings. The molecule has 1 fully saturated rings. The van der Waals surface area contributed by atoms with Gasteiger partial charge in [-0.05, 0) is 19.3 Å². The van der Waals surface area contributed by atoms with Crippen LogP contribution in [0.25, 0.3) is 0 Å². The zero-order valence-electron chi connectivity index (χ0n) is 10.1. The number of carbonyl (C=O) groups excluding carboxylic acids is 1. The molecule has 1 amide bonds. The second-order valence-electron chi connectivity index (χ2n) is 4.53. The van der Waals surface area contributed by atoms with Gasteiger partial charge < -0.3 is 10.6 Å². The van der Waals surface area contributed by atoms with Crippen LogP contribution in [0, 0.1) is 5.92 Å². The molecule has 0 saturated carbocycles. The monoisotopic (exact) mass is 246 g/mol. The maximum atomic E-state index is 11.6. The number of nitrogens with one attached hydrogen (secondary N) is 2. The summed E-state index contributed by atoms with van der Waals surface area (Å²) in [4.78, 5) is 11.5. The van der Waals surface area contributed by atoms with Gasteiger partial charge in [0.2, 0.25) is 5.91 Å². The zero-order valence-corrected chi connectivity index (χ0v) is 10.9. The fourth-order valence-corrected chi connectivity index (χ4v) is 3.01. The second kappa shape index (κ2) is 7.01. The number of hydrogen-bond acceptors (Lipinski definition) is 3. The molecule has 4 nitrogen and oxygen atoms in total. The first-order chi connectivity index (χ1) is 7.61. The van der Waals surface area contributed by atoms with E-state index in [9.17, 15) is 9.00 Å². The van der Waals surface area contributed by atoms with Crippen LogP contribution in [0.3, 0.4) is 0 Å². The zero-order chi connectivity index (χ0) is 12.0. The Balaban J connectivity index is 2.14. The summed E-state index contributed by atoms with van der Waals surface area (Å²) in [5, 5.41) is 6.01. The molecule has 0 aliphatic carbocycles. The lowest BCUT2D eigenvalue weighted by Gasteiger charge is -2.26. The van der Waals surface area contributed by atoms with Crippen molar-refractivity contribution in [1.29, 1.82) is 0 Å². The second-order valence-corrected chi connectivity index (χ2v) is 6.03. The van der Waals surface area contributed by atoms with Crippen molar-refractivity contribution in [2.75, 3.05) is 24.6 Å². The Bertz CT molecular complexity index is 254. The van der Waals surface area contributed by atoms with Gasteiger partial charge >= 0.3 is 0 Å². The first-order valence-corrected chi connectivity index (χ1v) is 7.45. The van der Waals surface area contributed by atoms with Crippen LogP contribution in [0.15, 0.2) is 0 Å². The first-order valence-electron chi connectivity index (χ1n) is 5.96. The van der Waals surface area contributed by atoms with Crippen molar-refractivity contribution in [2.45, 2.75) is 32.7 Å². The van der Waals surface area contributed by atoms with Crippen LogP contribution in [0.1, 0.15) is 26.7 Å². The minimum atomic E-state index is -1.00. The third-order valence-electron chi connectivity index (χ3n) is 2.71. The van der Waals surface area contributed by atoms with Crippen LogP contribution >= 0.6 is 0 Å². The Morgan fingerprint density at radius 2 is 2.25 bits per heavy atom. The summed E-state index contributed by atoms with van der Waals surface area (Å²) in [6.45, 7) is 5.96. The van der Waals surface area contributed by atoms with Crippen molar-refractivity contribution in [1.82, 2.24) is 10.6 Å². The molecule has 0 aromatic rings. The topological polar surface area (TPSA) is 58.2 Å². The smallest absolute Gasteiger partial charge is 0.232 e. The molecule has 2 unspecified atom stereocenters. The lowest BCUT2D eigenvalue weighted by atomic mass is 10.1. The predicted molar refractivity (Wildman–Crippen MR) is 66.7 cm³/mol. The first kappa shape index (κ1) is 13.6. The van der Waals surface area contributed by atoms with Gasteiger partial charge in [0.25, 0.3) is 0 Å². The van der Waals surface area contributed by atoms with Gasteiger partial charge in [-0.2, -0.15) is 0 Å². The van der Waals surface area contributed by atoms with Crippen molar-refractivity contribution >= 4 is 16.7 Å². The van der Waals surface area contributed by atoms with E-state index in [4.69, 9.17) is 0 Å². The Hall–Kier alpha value is -0.420. The summed E-state index contributed by atoms with van der Waals surface area (Å²) >= 11 is 0. The number of amides is 1. The normalized spacial score (nSPS) is 19.9. The molecular formula is C11H22N2O2S. The summed E-state index contributed by atoms with van der Waals surface area (Å²) in [5.41, 5.74) is 0. The molecule has 16 heavy (non-hydrogen) atoms. The van der Waals surface area contributed by atoms with Crippen LogP contribution in [-0.2, 0) is 15.6 Å². The van der Waals surface area contributed by atoms with Gasteiger partial charge in [0, 0.05) is 35.7 Å². The molecule has 1 aliphatic heterocycles. The largest absolute Gasteiger partial charge is 0.353 e. The number of carbonyl (C=O) groups is 1. The Morgan fingerprint density at radius 1 is 1.56 bits per heavy atom. The lowest BCUT2D eigenvalue weighted by molar-refractivity contribution is -0.119. The van der Waals surface area contributed by atoms with E-state index < -0.39 is 10.8 Å². The Morgan fingerprint density at radius 3 is 2.75 bits per heavy atom. The standard InChI is InChI=1S/C11H22N2O2S/c1-3-4-9(2)13-11(14)8-16(15)7-10-5-12-6-10/h9-10,12H,3-8H2,1-2H3,(H,13,14). The highest BCUT2D eigenvalue weighted by molar-refractivity contribution is 7.85. The van der Waals surface area contributed by atoms with Gasteiger partial charge in [-0.3, -0.25) is 9.00 Å². The van der Waals surface area contributed by atoms with E-state index in [-0.39, 0.29) is 17.7 Å². The van der Waals surface area contributed by atoms with E-state index in [1.54, 1.807) is 0 Å². The maximum Gasteiger partial charge on any atom is 0.232 e. The third-order valence-corrected chi connectivity index (χ3v) is 4.14. The molecule has 1 saturated heterocycles. The molecule has 2 N–H and O–H groups in total. The predicted octanol–water partition coefficient (Wildman–Crippen LogP) is 0.259. The van der Waals surface area contributed by atoms with Crippen molar-refractivity contribution in [3.05, 3.63) is 0 Å². The molecule has 5 heteroatoms. The van der Waals surface area contributed by atoms with Crippen molar-refractivity contribution in [3.63, 3.8) is 0 Å². The van der Waals surface area contributed by atoms with Gasteiger partial charge in [0.05, 0.1) is 0 Å². The molecule has 0 bridgehead atoms. The average molecular weight is 246 g/mol. The number of rotatable bonds is 7. The summed E-state index contributed by atoms with van der Waals surface area (Å²) < 4.78 is 11.6. The van der Waals surface area contributed by atoms with Crippen molar-refractivity contribution < 1.29 is 9.00 Å². The van der Waals surface area contributed by atoms with Gasteiger partial charge in [-0.25, -0.2) is 0 Å². The van der Waals surface area contributed by atoms with Gasteiger partial charge in [0.1, 0.15) is 5.75 Å². The van der Waals surface area contributed by atoms with E-state index >= 15 is 0 Å².